The highest BCUT2D eigenvalue weighted by atomic mass is 16.5. The zero-order valence-electron chi connectivity index (χ0n) is 28.8. The first kappa shape index (κ1) is 39.5. The van der Waals surface area contributed by atoms with Crippen LogP contribution in [0.1, 0.15) is 149 Å². The summed E-state index contributed by atoms with van der Waals surface area (Å²) in [6, 6.07) is 7.90. The summed E-state index contributed by atoms with van der Waals surface area (Å²) in [4.78, 5) is 38.4. The number of unbranched alkanes of at least 4 members (excludes halogenated alkanes) is 16. The summed E-state index contributed by atoms with van der Waals surface area (Å²) < 4.78 is 5.30. The minimum Gasteiger partial charge on any atom is -0.445 e. The van der Waals surface area contributed by atoms with E-state index in [1.165, 1.54) is 96.3 Å². The van der Waals surface area contributed by atoms with Gasteiger partial charge in [-0.05, 0) is 23.8 Å². The van der Waals surface area contributed by atoms with Crippen LogP contribution >= 0.6 is 0 Å². The van der Waals surface area contributed by atoms with Gasteiger partial charge in [0.15, 0.2) is 0 Å². The molecular formula is C37H65N3O4. The molecule has 0 aliphatic carbocycles. The topological polar surface area (TPSA) is 96.5 Å². The van der Waals surface area contributed by atoms with Crippen LogP contribution in [0.3, 0.4) is 0 Å². The molecule has 7 heteroatoms. The van der Waals surface area contributed by atoms with Crippen LogP contribution in [0.15, 0.2) is 30.3 Å². The summed E-state index contributed by atoms with van der Waals surface area (Å²) in [7, 11) is 0. The second-order valence-corrected chi connectivity index (χ2v) is 13.1. The molecule has 0 saturated carbocycles. The lowest BCUT2D eigenvalue weighted by Crippen LogP contribution is -2.57. The smallest absolute Gasteiger partial charge is 0.408 e. The Kier molecular flexibility index (Phi) is 23.1. The summed E-state index contributed by atoms with van der Waals surface area (Å²) in [5.74, 6) is -0.834. The zero-order chi connectivity index (χ0) is 32.4. The van der Waals surface area contributed by atoms with E-state index in [4.69, 9.17) is 4.74 Å². The van der Waals surface area contributed by atoms with Crippen molar-refractivity contribution in [2.45, 2.75) is 162 Å². The lowest BCUT2D eigenvalue weighted by atomic mass is 9.99. The molecule has 0 spiro atoms. The molecule has 0 aromatic heterocycles. The van der Waals surface area contributed by atoms with E-state index in [0.717, 1.165) is 18.4 Å². The highest BCUT2D eigenvalue weighted by Crippen LogP contribution is 2.14. The average Bonchev–Trinajstić information content (AvgIpc) is 3.00. The number of rotatable bonds is 26. The maximum atomic E-state index is 13.1. The van der Waals surface area contributed by atoms with E-state index < -0.39 is 18.2 Å². The van der Waals surface area contributed by atoms with Gasteiger partial charge in [-0.15, -0.1) is 0 Å². The van der Waals surface area contributed by atoms with Gasteiger partial charge in [-0.3, -0.25) is 9.59 Å². The number of hydrogen-bond donors (Lipinski definition) is 3. The third-order valence-corrected chi connectivity index (χ3v) is 8.26. The van der Waals surface area contributed by atoms with Crippen LogP contribution < -0.4 is 16.0 Å². The van der Waals surface area contributed by atoms with E-state index in [1.54, 1.807) is 0 Å². The normalized spacial score (nSPS) is 12.6. The number of amides is 3. The molecule has 44 heavy (non-hydrogen) atoms. The SMILES string of the molecule is CCCCCCCCCCCCCCCCCCCNC(=O)[C@@H](NC(=O)[C@@H](NC(=O)OCc1ccccc1)C(C)C)C(C)C. The van der Waals surface area contributed by atoms with Crippen molar-refractivity contribution in [1.29, 1.82) is 0 Å². The fraction of sp³-hybridized carbons (Fsp3) is 0.757. The van der Waals surface area contributed by atoms with Gasteiger partial charge >= 0.3 is 6.09 Å². The van der Waals surface area contributed by atoms with Gasteiger partial charge < -0.3 is 20.7 Å². The van der Waals surface area contributed by atoms with Crippen LogP contribution in [0.5, 0.6) is 0 Å². The lowest BCUT2D eigenvalue weighted by Gasteiger charge is -2.26. The molecule has 1 rings (SSSR count). The minimum absolute atomic E-state index is 0.0904. The van der Waals surface area contributed by atoms with E-state index in [0.29, 0.717) is 6.54 Å². The Bertz CT molecular complexity index is 875. The maximum Gasteiger partial charge on any atom is 0.408 e. The second-order valence-electron chi connectivity index (χ2n) is 13.1. The van der Waals surface area contributed by atoms with Crippen LogP contribution in [0.25, 0.3) is 0 Å². The van der Waals surface area contributed by atoms with Crippen LogP contribution in [-0.2, 0) is 20.9 Å². The van der Waals surface area contributed by atoms with Crippen molar-refractivity contribution in [3.05, 3.63) is 35.9 Å². The Balaban J connectivity index is 2.18. The van der Waals surface area contributed by atoms with Crippen LogP contribution in [0, 0.1) is 11.8 Å². The number of alkyl carbamates (subject to hydrolysis) is 1. The highest BCUT2D eigenvalue weighted by Gasteiger charge is 2.30. The van der Waals surface area contributed by atoms with Crippen molar-refractivity contribution in [2.75, 3.05) is 6.54 Å². The van der Waals surface area contributed by atoms with Crippen LogP contribution in [-0.4, -0.2) is 36.5 Å². The van der Waals surface area contributed by atoms with E-state index in [2.05, 4.69) is 22.9 Å². The van der Waals surface area contributed by atoms with Crippen molar-refractivity contribution < 1.29 is 19.1 Å². The molecule has 0 aliphatic rings. The molecule has 0 heterocycles. The Morgan fingerprint density at radius 2 is 1.02 bits per heavy atom. The fourth-order valence-corrected chi connectivity index (χ4v) is 5.38. The van der Waals surface area contributed by atoms with Crippen molar-refractivity contribution >= 4 is 17.9 Å². The van der Waals surface area contributed by atoms with E-state index in [9.17, 15) is 14.4 Å². The first-order valence-corrected chi connectivity index (χ1v) is 17.8. The van der Waals surface area contributed by atoms with Crippen molar-refractivity contribution in [1.82, 2.24) is 16.0 Å². The molecule has 1 aromatic carbocycles. The predicted octanol–water partition coefficient (Wildman–Crippen LogP) is 8.85. The lowest BCUT2D eigenvalue weighted by molar-refractivity contribution is -0.131. The molecule has 7 nitrogen and oxygen atoms in total. The number of ether oxygens (including phenoxy) is 1. The number of carbonyl (C=O) groups excluding carboxylic acids is 3. The number of hydrogen-bond acceptors (Lipinski definition) is 4. The van der Waals surface area contributed by atoms with Gasteiger partial charge in [-0.25, -0.2) is 4.79 Å². The molecule has 2 atom stereocenters. The average molecular weight is 616 g/mol. The van der Waals surface area contributed by atoms with Crippen LogP contribution in [0.4, 0.5) is 4.79 Å². The Labute approximate surface area is 269 Å². The zero-order valence-corrected chi connectivity index (χ0v) is 28.8. The summed E-state index contributed by atoms with van der Waals surface area (Å²) in [6.07, 6.45) is 21.8. The Hall–Kier alpha value is -2.57. The van der Waals surface area contributed by atoms with Gasteiger partial charge in [0.2, 0.25) is 11.8 Å². The molecule has 252 valence electrons. The molecule has 3 amide bonds. The molecule has 0 bridgehead atoms. The number of benzene rings is 1. The van der Waals surface area contributed by atoms with Gasteiger partial charge in [-0.1, -0.05) is 168 Å². The molecule has 0 saturated heterocycles. The largest absolute Gasteiger partial charge is 0.445 e. The van der Waals surface area contributed by atoms with E-state index >= 15 is 0 Å². The van der Waals surface area contributed by atoms with Gasteiger partial charge in [-0.2, -0.15) is 0 Å². The molecule has 3 N–H and O–H groups in total. The fourth-order valence-electron chi connectivity index (χ4n) is 5.38. The van der Waals surface area contributed by atoms with Gasteiger partial charge in [0.25, 0.3) is 0 Å². The predicted molar refractivity (Wildman–Crippen MR) is 182 cm³/mol. The molecule has 0 aliphatic heterocycles. The molecule has 0 radical (unpaired) electrons. The summed E-state index contributed by atoms with van der Waals surface area (Å²) in [5.41, 5.74) is 0.865. The van der Waals surface area contributed by atoms with Gasteiger partial charge in [0.05, 0.1) is 0 Å². The Morgan fingerprint density at radius 1 is 0.591 bits per heavy atom. The van der Waals surface area contributed by atoms with E-state index in [1.807, 2.05) is 58.0 Å². The summed E-state index contributed by atoms with van der Waals surface area (Å²) in [6.45, 7) is 10.5. The van der Waals surface area contributed by atoms with Gasteiger partial charge in [0.1, 0.15) is 18.7 Å². The Morgan fingerprint density at radius 3 is 1.48 bits per heavy atom. The van der Waals surface area contributed by atoms with Gasteiger partial charge in [0, 0.05) is 6.54 Å². The van der Waals surface area contributed by atoms with E-state index in [-0.39, 0.29) is 30.3 Å². The van der Waals surface area contributed by atoms with Crippen LogP contribution in [0.2, 0.25) is 0 Å². The summed E-state index contributed by atoms with van der Waals surface area (Å²) in [5, 5.41) is 8.54. The minimum atomic E-state index is -0.808. The highest BCUT2D eigenvalue weighted by molar-refractivity contribution is 5.91. The monoisotopic (exact) mass is 615 g/mol. The third-order valence-electron chi connectivity index (χ3n) is 8.26. The van der Waals surface area contributed by atoms with Crippen molar-refractivity contribution in [2.24, 2.45) is 11.8 Å². The molecule has 0 fully saturated rings. The first-order valence-electron chi connectivity index (χ1n) is 17.8. The standard InChI is InChI=1S/C37H65N3O4/c1-6-7-8-9-10-11-12-13-14-15-16-17-18-19-20-21-25-28-38-35(41)33(30(2)3)39-36(42)34(31(4)5)40-37(43)44-29-32-26-23-22-24-27-32/h22-24,26-27,30-31,33-34H,6-21,25,28-29H2,1-5H3,(H,38,41)(H,39,42)(H,40,43)/t33-,34-/m0/s1. The maximum absolute atomic E-state index is 13.1. The number of nitrogens with one attached hydrogen (secondary N) is 3. The third kappa shape index (κ3) is 19.7. The quantitative estimate of drug-likeness (QED) is 0.0907. The first-order chi connectivity index (χ1) is 21.3. The van der Waals surface area contributed by atoms with Crippen molar-refractivity contribution in [3.8, 4) is 0 Å². The second kappa shape index (κ2) is 25.7. The summed E-state index contributed by atoms with van der Waals surface area (Å²) >= 11 is 0. The number of carbonyl (C=O) groups is 3. The molecule has 0 unspecified atom stereocenters. The van der Waals surface area contributed by atoms with Crippen molar-refractivity contribution in [3.63, 3.8) is 0 Å². The molecule has 1 aromatic rings. The molecular weight excluding hydrogens is 550 g/mol.